The van der Waals surface area contributed by atoms with E-state index >= 15 is 0 Å². The zero-order chi connectivity index (χ0) is 13.0. The average molecular weight is 247 g/mol. The van der Waals surface area contributed by atoms with Crippen LogP contribution >= 0.6 is 0 Å². The quantitative estimate of drug-likeness (QED) is 0.817. The fourth-order valence-electron chi connectivity index (χ4n) is 1.91. The maximum atomic E-state index is 11.7. The minimum absolute atomic E-state index is 0.0978. The summed E-state index contributed by atoms with van der Waals surface area (Å²) in [6.07, 6.45) is 1.66. The minimum Gasteiger partial charge on any atom is -0.464 e. The van der Waals surface area contributed by atoms with Gasteiger partial charge >= 0.3 is 5.97 Å². The van der Waals surface area contributed by atoms with Gasteiger partial charge in [0.1, 0.15) is 6.04 Å². The molecule has 4 heteroatoms. The van der Waals surface area contributed by atoms with Crippen molar-refractivity contribution in [2.45, 2.75) is 32.2 Å². The Morgan fingerprint density at radius 3 is 2.72 bits per heavy atom. The number of nitrogens with one attached hydrogen (secondary N) is 1. The fraction of sp³-hybridized carbons (Fsp3) is 0.429. The van der Waals surface area contributed by atoms with Gasteiger partial charge in [0, 0.05) is 12.8 Å². The van der Waals surface area contributed by atoms with Gasteiger partial charge in [-0.3, -0.25) is 4.79 Å². The van der Waals surface area contributed by atoms with E-state index in [0.717, 1.165) is 5.56 Å². The molecule has 0 aromatic heterocycles. The van der Waals surface area contributed by atoms with E-state index in [1.807, 2.05) is 31.2 Å². The van der Waals surface area contributed by atoms with Crippen LogP contribution in [0.5, 0.6) is 0 Å². The third kappa shape index (κ3) is 3.32. The molecular weight excluding hydrogens is 230 g/mol. The molecule has 0 bridgehead atoms. The molecule has 1 aromatic carbocycles. The first-order chi connectivity index (χ1) is 8.65. The lowest BCUT2D eigenvalue weighted by Gasteiger charge is -2.08. The second-order valence-electron chi connectivity index (χ2n) is 4.56. The average Bonchev–Trinajstić information content (AvgIpc) is 2.74. The molecule has 1 aromatic rings. The van der Waals surface area contributed by atoms with Crippen molar-refractivity contribution in [3.05, 3.63) is 35.4 Å². The van der Waals surface area contributed by atoms with Crippen molar-refractivity contribution in [2.24, 2.45) is 0 Å². The third-order valence-electron chi connectivity index (χ3n) is 3.03. The Balaban J connectivity index is 1.78. The molecule has 1 heterocycles. The first-order valence-corrected chi connectivity index (χ1v) is 6.17. The van der Waals surface area contributed by atoms with Crippen LogP contribution in [0.1, 0.15) is 24.0 Å². The number of carbonyl (C=O) groups excluding carboxylic acids is 2. The summed E-state index contributed by atoms with van der Waals surface area (Å²) in [7, 11) is 0. The number of hydrogen-bond acceptors (Lipinski definition) is 3. The molecule has 0 radical (unpaired) electrons. The number of ether oxygens (including phenoxy) is 1. The van der Waals surface area contributed by atoms with Gasteiger partial charge in [0.05, 0.1) is 6.61 Å². The van der Waals surface area contributed by atoms with Crippen molar-refractivity contribution in [3.8, 4) is 0 Å². The predicted octanol–water partition coefficient (Wildman–Crippen LogP) is 1.36. The maximum absolute atomic E-state index is 11.7. The van der Waals surface area contributed by atoms with E-state index in [-0.39, 0.29) is 11.9 Å². The van der Waals surface area contributed by atoms with E-state index in [1.165, 1.54) is 5.56 Å². The first-order valence-electron chi connectivity index (χ1n) is 6.17. The Hall–Kier alpha value is -1.84. The standard InChI is InChI=1S/C14H17NO3/c1-10-2-4-11(5-3-10)6-7-13(16)15-12-8-9-18-14(12)17/h2-5,12H,6-9H2,1H3,(H,15,16)/t12-/m0/s1. The number of esters is 1. The van der Waals surface area contributed by atoms with Crippen molar-refractivity contribution in [2.75, 3.05) is 6.61 Å². The number of aryl methyl sites for hydroxylation is 2. The van der Waals surface area contributed by atoms with Crippen LogP contribution < -0.4 is 5.32 Å². The van der Waals surface area contributed by atoms with Crippen LogP contribution in [-0.2, 0) is 20.7 Å². The summed E-state index contributed by atoms with van der Waals surface area (Å²) in [4.78, 5) is 22.9. The van der Waals surface area contributed by atoms with Crippen LogP contribution in [0.15, 0.2) is 24.3 Å². The van der Waals surface area contributed by atoms with E-state index < -0.39 is 6.04 Å². The van der Waals surface area contributed by atoms with Crippen LogP contribution in [-0.4, -0.2) is 24.5 Å². The first kappa shape index (κ1) is 12.6. The highest BCUT2D eigenvalue weighted by Crippen LogP contribution is 2.08. The van der Waals surface area contributed by atoms with Gasteiger partial charge in [-0.1, -0.05) is 29.8 Å². The molecule has 1 aliphatic heterocycles. The van der Waals surface area contributed by atoms with Gasteiger partial charge in [-0.05, 0) is 18.9 Å². The molecule has 1 N–H and O–H groups in total. The third-order valence-corrected chi connectivity index (χ3v) is 3.03. The lowest BCUT2D eigenvalue weighted by molar-refractivity contribution is -0.141. The molecule has 18 heavy (non-hydrogen) atoms. The Bertz CT molecular complexity index is 439. The van der Waals surface area contributed by atoms with Gasteiger partial charge in [-0.25, -0.2) is 4.79 Å². The molecule has 96 valence electrons. The summed E-state index contributed by atoms with van der Waals surface area (Å²) in [5, 5.41) is 2.70. The number of rotatable bonds is 4. The number of amides is 1. The largest absolute Gasteiger partial charge is 0.464 e. The zero-order valence-corrected chi connectivity index (χ0v) is 10.4. The Morgan fingerprint density at radius 1 is 1.39 bits per heavy atom. The smallest absolute Gasteiger partial charge is 0.328 e. The van der Waals surface area contributed by atoms with Crippen molar-refractivity contribution < 1.29 is 14.3 Å². The van der Waals surface area contributed by atoms with Crippen LogP contribution in [0.25, 0.3) is 0 Å². The molecular formula is C14H17NO3. The highest BCUT2D eigenvalue weighted by atomic mass is 16.5. The van der Waals surface area contributed by atoms with Gasteiger partial charge < -0.3 is 10.1 Å². The molecule has 0 unspecified atom stereocenters. The second-order valence-corrected chi connectivity index (χ2v) is 4.56. The van der Waals surface area contributed by atoms with E-state index in [1.54, 1.807) is 0 Å². The molecule has 1 atom stereocenters. The van der Waals surface area contributed by atoms with E-state index in [0.29, 0.717) is 25.9 Å². The van der Waals surface area contributed by atoms with Crippen LogP contribution in [0, 0.1) is 6.92 Å². The Morgan fingerprint density at radius 2 is 2.11 bits per heavy atom. The van der Waals surface area contributed by atoms with E-state index in [2.05, 4.69) is 5.32 Å². The molecule has 1 amide bonds. The van der Waals surface area contributed by atoms with Gasteiger partial charge in [0.2, 0.25) is 5.91 Å². The van der Waals surface area contributed by atoms with Gasteiger partial charge in [-0.2, -0.15) is 0 Å². The van der Waals surface area contributed by atoms with E-state index in [9.17, 15) is 9.59 Å². The van der Waals surface area contributed by atoms with Crippen molar-refractivity contribution in [3.63, 3.8) is 0 Å². The topological polar surface area (TPSA) is 55.4 Å². The fourth-order valence-corrected chi connectivity index (χ4v) is 1.91. The summed E-state index contributed by atoms with van der Waals surface area (Å²) in [6, 6.07) is 7.65. The summed E-state index contributed by atoms with van der Waals surface area (Å²) in [5.74, 6) is -0.418. The molecule has 1 saturated heterocycles. The number of carbonyl (C=O) groups is 2. The molecule has 1 aliphatic rings. The lowest BCUT2D eigenvalue weighted by Crippen LogP contribution is -2.37. The molecule has 4 nitrogen and oxygen atoms in total. The maximum Gasteiger partial charge on any atom is 0.328 e. The molecule has 0 saturated carbocycles. The van der Waals surface area contributed by atoms with Gasteiger partial charge in [-0.15, -0.1) is 0 Å². The second kappa shape index (κ2) is 5.67. The van der Waals surface area contributed by atoms with E-state index in [4.69, 9.17) is 4.74 Å². The normalized spacial score (nSPS) is 18.5. The molecule has 1 fully saturated rings. The summed E-state index contributed by atoms with van der Waals surface area (Å²) in [6.45, 7) is 2.43. The van der Waals surface area contributed by atoms with Gasteiger partial charge in [0.15, 0.2) is 0 Å². The monoisotopic (exact) mass is 247 g/mol. The summed E-state index contributed by atoms with van der Waals surface area (Å²) < 4.78 is 4.79. The SMILES string of the molecule is Cc1ccc(CCC(=O)N[C@H]2CCOC2=O)cc1. The summed E-state index contributed by atoms with van der Waals surface area (Å²) in [5.41, 5.74) is 2.33. The summed E-state index contributed by atoms with van der Waals surface area (Å²) >= 11 is 0. The minimum atomic E-state index is -0.449. The molecule has 2 rings (SSSR count). The van der Waals surface area contributed by atoms with Crippen molar-refractivity contribution in [1.29, 1.82) is 0 Å². The number of benzene rings is 1. The number of hydrogen-bond donors (Lipinski definition) is 1. The highest BCUT2D eigenvalue weighted by Gasteiger charge is 2.27. The van der Waals surface area contributed by atoms with Crippen molar-refractivity contribution >= 4 is 11.9 Å². The van der Waals surface area contributed by atoms with Crippen LogP contribution in [0.4, 0.5) is 0 Å². The molecule has 0 spiro atoms. The lowest BCUT2D eigenvalue weighted by atomic mass is 10.1. The zero-order valence-electron chi connectivity index (χ0n) is 10.4. The van der Waals surface area contributed by atoms with Crippen LogP contribution in [0.2, 0.25) is 0 Å². The predicted molar refractivity (Wildman–Crippen MR) is 67.0 cm³/mol. The molecule has 0 aliphatic carbocycles. The highest BCUT2D eigenvalue weighted by molar-refractivity contribution is 5.85. The van der Waals surface area contributed by atoms with Crippen molar-refractivity contribution in [1.82, 2.24) is 5.32 Å². The van der Waals surface area contributed by atoms with Crippen LogP contribution in [0.3, 0.4) is 0 Å². The van der Waals surface area contributed by atoms with Gasteiger partial charge in [0.25, 0.3) is 0 Å². The Labute approximate surface area is 106 Å². The Kier molecular flexibility index (Phi) is 3.97. The number of cyclic esters (lactones) is 1.